The normalized spacial score (nSPS) is 12.3. The number of nitrogens with one attached hydrogen (secondary N) is 3. The quantitative estimate of drug-likeness (QED) is 0.164. The first-order chi connectivity index (χ1) is 14.5. The van der Waals surface area contributed by atoms with E-state index >= 15 is 0 Å². The van der Waals surface area contributed by atoms with Gasteiger partial charge in [-0.05, 0) is 45.2 Å². The zero-order chi connectivity index (χ0) is 21.5. The van der Waals surface area contributed by atoms with Gasteiger partial charge < -0.3 is 20.4 Å². The van der Waals surface area contributed by atoms with Gasteiger partial charge in [-0.1, -0.05) is 18.2 Å². The summed E-state index contributed by atoms with van der Waals surface area (Å²) in [7, 11) is 0. The van der Waals surface area contributed by atoms with Gasteiger partial charge in [0.15, 0.2) is 5.96 Å². The summed E-state index contributed by atoms with van der Waals surface area (Å²) < 4.78 is 5.11. The van der Waals surface area contributed by atoms with Crippen LogP contribution in [0.4, 0.5) is 0 Å². The maximum absolute atomic E-state index is 12.1. The molecule has 31 heavy (non-hydrogen) atoms. The highest BCUT2D eigenvalue weighted by atomic mass is 127. The Kier molecular flexibility index (Phi) is 9.76. The van der Waals surface area contributed by atoms with E-state index < -0.39 is 0 Å². The molecule has 0 spiro atoms. The summed E-state index contributed by atoms with van der Waals surface area (Å²) in [6.45, 7) is 9.44. The van der Waals surface area contributed by atoms with Gasteiger partial charge in [0.05, 0.1) is 18.3 Å². The van der Waals surface area contributed by atoms with E-state index in [4.69, 9.17) is 9.73 Å². The molecule has 0 aliphatic rings. The van der Waals surface area contributed by atoms with Crippen molar-refractivity contribution in [1.82, 2.24) is 20.6 Å². The zero-order valence-electron chi connectivity index (χ0n) is 18.3. The maximum Gasteiger partial charge on any atom is 0.350 e. The predicted molar refractivity (Wildman–Crippen MR) is 138 cm³/mol. The van der Waals surface area contributed by atoms with Gasteiger partial charge in [-0.2, -0.15) is 0 Å². The number of guanidine groups is 1. The highest BCUT2D eigenvalue weighted by Crippen LogP contribution is 2.24. The van der Waals surface area contributed by atoms with Crippen LogP contribution < -0.4 is 10.6 Å². The molecule has 0 bridgehead atoms. The maximum atomic E-state index is 12.1. The van der Waals surface area contributed by atoms with Crippen molar-refractivity contribution in [3.05, 3.63) is 51.6 Å². The van der Waals surface area contributed by atoms with E-state index in [0.717, 1.165) is 29.4 Å². The Balaban J connectivity index is 0.00000341. The second-order valence-electron chi connectivity index (χ2n) is 6.95. The molecule has 3 rings (SSSR count). The van der Waals surface area contributed by atoms with Gasteiger partial charge >= 0.3 is 5.97 Å². The van der Waals surface area contributed by atoms with Crippen LogP contribution in [0.5, 0.6) is 0 Å². The van der Waals surface area contributed by atoms with Crippen LogP contribution in [0.1, 0.15) is 52.9 Å². The number of benzene rings is 1. The molecule has 7 nitrogen and oxygen atoms in total. The first-order valence-corrected chi connectivity index (χ1v) is 11.1. The minimum absolute atomic E-state index is 0. The van der Waals surface area contributed by atoms with Gasteiger partial charge in [0.2, 0.25) is 0 Å². The number of esters is 1. The lowest BCUT2D eigenvalue weighted by Crippen LogP contribution is -2.38. The number of carbonyl (C=O) groups is 1. The van der Waals surface area contributed by atoms with Crippen molar-refractivity contribution >= 4 is 58.1 Å². The van der Waals surface area contributed by atoms with Crippen molar-refractivity contribution in [2.24, 2.45) is 4.99 Å². The summed E-state index contributed by atoms with van der Waals surface area (Å²) in [5.74, 6) is 0.413. The number of H-pyrrole nitrogens is 1. The van der Waals surface area contributed by atoms with Crippen LogP contribution in [0.3, 0.4) is 0 Å². The average molecular weight is 555 g/mol. The van der Waals surface area contributed by atoms with E-state index in [2.05, 4.69) is 38.8 Å². The van der Waals surface area contributed by atoms with Gasteiger partial charge in [0, 0.05) is 30.7 Å². The number of fused-ring (bicyclic) bond motifs is 1. The highest BCUT2D eigenvalue weighted by Gasteiger charge is 2.20. The second-order valence-corrected chi connectivity index (χ2v) is 7.98. The Morgan fingerprint density at radius 1 is 1.32 bits per heavy atom. The van der Waals surface area contributed by atoms with Crippen molar-refractivity contribution in [2.45, 2.75) is 40.2 Å². The molecule has 2 heterocycles. The van der Waals surface area contributed by atoms with E-state index in [1.54, 1.807) is 6.92 Å². The number of halogens is 1. The molecule has 2 aromatic heterocycles. The summed E-state index contributed by atoms with van der Waals surface area (Å²) in [5.41, 5.74) is 3.01. The summed E-state index contributed by atoms with van der Waals surface area (Å²) in [4.78, 5) is 25.3. The molecule has 0 aliphatic carbocycles. The molecule has 0 radical (unpaired) electrons. The standard InChI is InChI=1S/C22H29N5O2S.HI/c1-5-23-22(24-12-11-17-13-16-9-7-8-10-18(16)27-17)26-15(4)20-25-14(3)19(30-20)21(28)29-6-2;/h7-10,13,15,27H,5-6,11-12H2,1-4H3,(H2,23,24,26);1H. The van der Waals surface area contributed by atoms with E-state index in [1.165, 1.54) is 22.4 Å². The summed E-state index contributed by atoms with van der Waals surface area (Å²) >= 11 is 1.36. The Morgan fingerprint density at radius 3 is 2.81 bits per heavy atom. The lowest BCUT2D eigenvalue weighted by molar-refractivity contribution is 0.0531. The molecule has 1 atom stereocenters. The molecule has 0 fully saturated rings. The molecule has 0 aliphatic heterocycles. The fourth-order valence-corrected chi connectivity index (χ4v) is 4.09. The Morgan fingerprint density at radius 2 is 2.10 bits per heavy atom. The highest BCUT2D eigenvalue weighted by molar-refractivity contribution is 14.0. The second kappa shape index (κ2) is 12.0. The van der Waals surface area contributed by atoms with Crippen molar-refractivity contribution < 1.29 is 9.53 Å². The number of nitrogens with zero attached hydrogens (tertiary/aromatic N) is 2. The number of para-hydroxylation sites is 1. The fourth-order valence-electron chi connectivity index (χ4n) is 3.13. The third-order valence-corrected chi connectivity index (χ3v) is 5.90. The van der Waals surface area contributed by atoms with Crippen LogP contribution in [0.2, 0.25) is 0 Å². The summed E-state index contributed by atoms with van der Waals surface area (Å²) in [6, 6.07) is 10.3. The first-order valence-electron chi connectivity index (χ1n) is 10.3. The monoisotopic (exact) mass is 555 g/mol. The first kappa shape index (κ1) is 25.1. The van der Waals surface area contributed by atoms with Crippen molar-refractivity contribution in [1.29, 1.82) is 0 Å². The van der Waals surface area contributed by atoms with Gasteiger partial charge in [-0.25, -0.2) is 9.78 Å². The van der Waals surface area contributed by atoms with Gasteiger partial charge in [0.1, 0.15) is 9.88 Å². The lowest BCUT2D eigenvalue weighted by Gasteiger charge is -2.16. The number of aliphatic imine (C=N–C) groups is 1. The van der Waals surface area contributed by atoms with Gasteiger partial charge in [-0.15, -0.1) is 35.3 Å². The van der Waals surface area contributed by atoms with Crippen LogP contribution in [0.25, 0.3) is 10.9 Å². The SMILES string of the molecule is CCNC(=NCCc1cc2ccccc2[nH]1)NC(C)c1nc(C)c(C(=O)OCC)s1.I. The van der Waals surface area contributed by atoms with Crippen LogP contribution in [-0.4, -0.2) is 41.6 Å². The van der Waals surface area contributed by atoms with Crippen LogP contribution in [0.15, 0.2) is 35.3 Å². The molecular weight excluding hydrogens is 525 g/mol. The molecule has 3 N–H and O–H groups in total. The minimum Gasteiger partial charge on any atom is -0.462 e. The van der Waals surface area contributed by atoms with E-state index in [-0.39, 0.29) is 36.0 Å². The number of hydrogen-bond acceptors (Lipinski definition) is 5. The number of carbonyl (C=O) groups excluding carboxylic acids is 1. The van der Waals surface area contributed by atoms with Crippen LogP contribution >= 0.6 is 35.3 Å². The molecule has 1 unspecified atom stereocenters. The third-order valence-electron chi connectivity index (χ3n) is 4.58. The predicted octanol–water partition coefficient (Wildman–Crippen LogP) is 4.59. The molecule has 0 saturated heterocycles. The Bertz CT molecular complexity index is 997. The van der Waals surface area contributed by atoms with Crippen LogP contribution in [0, 0.1) is 6.92 Å². The Hall–Kier alpha value is -2.14. The number of aryl methyl sites for hydroxylation is 1. The molecular formula is C22H30IN5O2S. The molecule has 0 saturated carbocycles. The summed E-state index contributed by atoms with van der Waals surface area (Å²) in [5, 5.41) is 8.70. The lowest BCUT2D eigenvalue weighted by atomic mass is 10.2. The van der Waals surface area contributed by atoms with Crippen molar-refractivity contribution in [3.8, 4) is 0 Å². The number of ether oxygens (including phenoxy) is 1. The minimum atomic E-state index is -0.315. The topological polar surface area (TPSA) is 91.4 Å². The largest absolute Gasteiger partial charge is 0.462 e. The molecule has 9 heteroatoms. The molecule has 168 valence electrons. The van der Waals surface area contributed by atoms with Gasteiger partial charge in [0.25, 0.3) is 0 Å². The fraction of sp³-hybridized carbons (Fsp3) is 0.409. The van der Waals surface area contributed by atoms with E-state index in [0.29, 0.717) is 23.7 Å². The van der Waals surface area contributed by atoms with Crippen molar-refractivity contribution in [3.63, 3.8) is 0 Å². The summed E-state index contributed by atoms with van der Waals surface area (Å²) in [6.07, 6.45) is 0.822. The third kappa shape index (κ3) is 6.67. The van der Waals surface area contributed by atoms with Crippen LogP contribution in [-0.2, 0) is 11.2 Å². The van der Waals surface area contributed by atoms with E-state index in [1.807, 2.05) is 32.9 Å². The molecule has 1 aromatic carbocycles. The number of rotatable bonds is 8. The number of aromatic nitrogens is 2. The van der Waals surface area contributed by atoms with Crippen molar-refractivity contribution in [2.75, 3.05) is 19.7 Å². The number of aromatic amines is 1. The molecule has 0 amide bonds. The smallest absolute Gasteiger partial charge is 0.350 e. The van der Waals surface area contributed by atoms with E-state index in [9.17, 15) is 4.79 Å². The average Bonchev–Trinajstić information content (AvgIpc) is 3.31. The number of thiazole rings is 1. The molecule has 3 aromatic rings. The zero-order valence-corrected chi connectivity index (χ0v) is 21.5. The van der Waals surface area contributed by atoms with Gasteiger partial charge in [-0.3, -0.25) is 4.99 Å². The Labute approximate surface area is 204 Å². The number of hydrogen-bond donors (Lipinski definition) is 3.